The van der Waals surface area contributed by atoms with E-state index in [4.69, 9.17) is 0 Å². The summed E-state index contributed by atoms with van der Waals surface area (Å²) in [6.07, 6.45) is 1.09. The van der Waals surface area contributed by atoms with Crippen molar-refractivity contribution in [2.75, 3.05) is 6.54 Å². The number of sulfone groups is 1. The van der Waals surface area contributed by atoms with E-state index in [1.54, 1.807) is 29.2 Å². The minimum atomic E-state index is -3.64. The number of benzene rings is 2. The molecule has 3 rings (SSSR count). The molecule has 4 nitrogen and oxygen atoms in total. The van der Waals surface area contributed by atoms with Crippen LogP contribution in [0, 0.1) is 6.92 Å². The molecule has 24 heavy (non-hydrogen) atoms. The number of amides is 1. The Balaban J connectivity index is 1.83. The van der Waals surface area contributed by atoms with Gasteiger partial charge in [-0.2, -0.15) is 0 Å². The zero-order valence-electron chi connectivity index (χ0n) is 13.7. The van der Waals surface area contributed by atoms with Gasteiger partial charge in [-0.15, -0.1) is 0 Å². The highest BCUT2D eigenvalue weighted by Crippen LogP contribution is 2.26. The molecule has 0 aliphatic carbocycles. The smallest absolute Gasteiger partial charge is 0.241 e. The van der Waals surface area contributed by atoms with E-state index in [0.29, 0.717) is 25.9 Å². The number of aryl methyl sites for hydroxylation is 1. The summed E-state index contributed by atoms with van der Waals surface area (Å²) in [5, 5.41) is -0.974. The van der Waals surface area contributed by atoms with E-state index in [2.05, 4.69) is 0 Å². The zero-order chi connectivity index (χ0) is 17.2. The molecule has 0 spiro atoms. The second kappa shape index (κ2) is 6.77. The van der Waals surface area contributed by atoms with Gasteiger partial charge < -0.3 is 4.90 Å². The summed E-state index contributed by atoms with van der Waals surface area (Å²) in [5.74, 6) is -0.286. The molecule has 2 aromatic carbocycles. The molecule has 2 aromatic rings. The first-order valence-corrected chi connectivity index (χ1v) is 9.66. The van der Waals surface area contributed by atoms with Gasteiger partial charge in [0.05, 0.1) is 4.90 Å². The summed E-state index contributed by atoms with van der Waals surface area (Å²) < 4.78 is 25.7. The summed E-state index contributed by atoms with van der Waals surface area (Å²) in [6.45, 7) is 2.97. The van der Waals surface area contributed by atoms with Crippen LogP contribution in [0.15, 0.2) is 59.5 Å². The number of carbonyl (C=O) groups is 1. The van der Waals surface area contributed by atoms with Crippen molar-refractivity contribution < 1.29 is 13.2 Å². The van der Waals surface area contributed by atoms with Crippen molar-refractivity contribution in [3.63, 3.8) is 0 Å². The van der Waals surface area contributed by atoms with E-state index in [0.717, 1.165) is 11.1 Å². The van der Waals surface area contributed by atoms with Crippen molar-refractivity contribution in [1.29, 1.82) is 0 Å². The average Bonchev–Trinajstić information content (AvgIpc) is 2.58. The molecule has 1 aliphatic rings. The maximum absolute atomic E-state index is 12.9. The Morgan fingerprint density at radius 2 is 1.71 bits per heavy atom. The Hall–Kier alpha value is -2.14. The first-order chi connectivity index (χ1) is 11.5. The molecule has 0 bridgehead atoms. The zero-order valence-corrected chi connectivity index (χ0v) is 14.5. The highest BCUT2D eigenvalue weighted by Gasteiger charge is 2.39. The number of carbonyl (C=O) groups excluding carboxylic acids is 1. The molecule has 1 atom stereocenters. The monoisotopic (exact) mass is 343 g/mol. The topological polar surface area (TPSA) is 54.5 Å². The fourth-order valence-corrected chi connectivity index (χ4v) is 4.78. The maximum Gasteiger partial charge on any atom is 0.241 e. The number of hydrogen-bond acceptors (Lipinski definition) is 3. The fraction of sp³-hybridized carbons (Fsp3) is 0.316. The minimum Gasteiger partial charge on any atom is -0.337 e. The standard InChI is InChI=1S/C19H21NO3S/c1-15-9-11-17(12-10-15)24(22,23)18-8-5-13-20(19(18)21)14-16-6-3-2-4-7-16/h2-4,6-7,9-12,18H,5,8,13-14H2,1H3. The lowest BCUT2D eigenvalue weighted by Gasteiger charge is -2.32. The van der Waals surface area contributed by atoms with Gasteiger partial charge in [0, 0.05) is 13.1 Å². The van der Waals surface area contributed by atoms with Gasteiger partial charge in [-0.3, -0.25) is 4.79 Å². The molecule has 0 aromatic heterocycles. The molecule has 1 aliphatic heterocycles. The Labute approximate surface area is 143 Å². The van der Waals surface area contributed by atoms with Crippen LogP contribution in [0.5, 0.6) is 0 Å². The molecule has 1 unspecified atom stereocenters. The van der Waals surface area contributed by atoms with Crippen LogP contribution >= 0.6 is 0 Å². The third-order valence-electron chi connectivity index (χ3n) is 4.42. The lowest BCUT2D eigenvalue weighted by atomic mass is 10.1. The first kappa shape index (κ1) is 16.7. The Bertz CT molecular complexity index is 813. The molecule has 1 heterocycles. The average molecular weight is 343 g/mol. The van der Waals surface area contributed by atoms with E-state index in [-0.39, 0.29) is 10.8 Å². The number of hydrogen-bond donors (Lipinski definition) is 0. The van der Waals surface area contributed by atoms with Crippen LogP contribution in [0.2, 0.25) is 0 Å². The molecule has 1 fully saturated rings. The van der Waals surface area contributed by atoms with Crippen molar-refractivity contribution in [3.05, 3.63) is 65.7 Å². The van der Waals surface area contributed by atoms with Crippen LogP contribution < -0.4 is 0 Å². The molecular weight excluding hydrogens is 322 g/mol. The van der Waals surface area contributed by atoms with Crippen LogP contribution in [0.4, 0.5) is 0 Å². The Morgan fingerprint density at radius 1 is 1.04 bits per heavy atom. The lowest BCUT2D eigenvalue weighted by molar-refractivity contribution is -0.133. The van der Waals surface area contributed by atoms with Crippen LogP contribution in [-0.4, -0.2) is 31.0 Å². The van der Waals surface area contributed by atoms with E-state index in [9.17, 15) is 13.2 Å². The van der Waals surface area contributed by atoms with E-state index in [1.165, 1.54) is 0 Å². The fourth-order valence-electron chi connectivity index (χ4n) is 3.05. The molecule has 0 saturated carbocycles. The number of rotatable bonds is 4. The third kappa shape index (κ3) is 3.36. The largest absolute Gasteiger partial charge is 0.337 e. The summed E-state index contributed by atoms with van der Waals surface area (Å²) >= 11 is 0. The third-order valence-corrected chi connectivity index (χ3v) is 6.54. The number of nitrogens with zero attached hydrogens (tertiary/aromatic N) is 1. The van der Waals surface area contributed by atoms with Gasteiger partial charge in [0.1, 0.15) is 5.25 Å². The van der Waals surface area contributed by atoms with Crippen LogP contribution in [-0.2, 0) is 21.2 Å². The van der Waals surface area contributed by atoms with Gasteiger partial charge in [-0.25, -0.2) is 8.42 Å². The quantitative estimate of drug-likeness (QED) is 0.858. The second-order valence-electron chi connectivity index (χ2n) is 6.23. The van der Waals surface area contributed by atoms with Crippen LogP contribution in [0.1, 0.15) is 24.0 Å². The molecule has 1 saturated heterocycles. The SMILES string of the molecule is Cc1ccc(S(=O)(=O)C2CCCN(Cc3ccccc3)C2=O)cc1. The predicted octanol–water partition coefficient (Wildman–Crippen LogP) is 2.96. The first-order valence-electron chi connectivity index (χ1n) is 8.12. The molecule has 0 N–H and O–H groups in total. The van der Waals surface area contributed by atoms with E-state index >= 15 is 0 Å². The van der Waals surface area contributed by atoms with Crippen LogP contribution in [0.25, 0.3) is 0 Å². The molecular formula is C19H21NO3S. The number of likely N-dealkylation sites (tertiary alicyclic amines) is 1. The summed E-state index contributed by atoms with van der Waals surface area (Å²) in [4.78, 5) is 14.7. The second-order valence-corrected chi connectivity index (χ2v) is 8.36. The van der Waals surface area contributed by atoms with Gasteiger partial charge in [-0.1, -0.05) is 48.0 Å². The van der Waals surface area contributed by atoms with Crippen molar-refractivity contribution in [2.45, 2.75) is 36.5 Å². The van der Waals surface area contributed by atoms with Crippen molar-refractivity contribution in [3.8, 4) is 0 Å². The van der Waals surface area contributed by atoms with Crippen molar-refractivity contribution >= 4 is 15.7 Å². The van der Waals surface area contributed by atoms with Gasteiger partial charge in [-0.05, 0) is 37.5 Å². The van der Waals surface area contributed by atoms with E-state index in [1.807, 2.05) is 37.3 Å². The maximum atomic E-state index is 12.9. The number of piperidine rings is 1. The molecule has 0 radical (unpaired) electrons. The highest BCUT2D eigenvalue weighted by atomic mass is 32.2. The Kier molecular flexibility index (Phi) is 4.71. The summed E-state index contributed by atoms with van der Waals surface area (Å²) in [6, 6.07) is 16.4. The van der Waals surface area contributed by atoms with Crippen LogP contribution in [0.3, 0.4) is 0 Å². The molecule has 1 amide bonds. The van der Waals surface area contributed by atoms with Gasteiger partial charge in [0.25, 0.3) is 0 Å². The normalized spacial score (nSPS) is 18.6. The minimum absolute atomic E-state index is 0.230. The molecule has 5 heteroatoms. The van der Waals surface area contributed by atoms with Gasteiger partial charge in [0.2, 0.25) is 5.91 Å². The Morgan fingerprint density at radius 3 is 2.38 bits per heavy atom. The highest BCUT2D eigenvalue weighted by molar-refractivity contribution is 7.92. The summed E-state index contributed by atoms with van der Waals surface area (Å²) in [5.41, 5.74) is 2.01. The van der Waals surface area contributed by atoms with E-state index < -0.39 is 15.1 Å². The van der Waals surface area contributed by atoms with Gasteiger partial charge in [0.15, 0.2) is 9.84 Å². The van der Waals surface area contributed by atoms with Gasteiger partial charge >= 0.3 is 0 Å². The summed E-state index contributed by atoms with van der Waals surface area (Å²) in [7, 11) is -3.64. The predicted molar refractivity (Wildman–Crippen MR) is 93.2 cm³/mol. The lowest BCUT2D eigenvalue weighted by Crippen LogP contribution is -2.47. The van der Waals surface area contributed by atoms with Crippen molar-refractivity contribution in [1.82, 2.24) is 4.90 Å². The van der Waals surface area contributed by atoms with Crippen molar-refractivity contribution in [2.24, 2.45) is 0 Å². The molecule has 126 valence electrons.